The number of aromatic nitrogens is 2. The van der Waals surface area contributed by atoms with Crippen molar-refractivity contribution in [2.24, 2.45) is 0 Å². The molecule has 23 heavy (non-hydrogen) atoms. The molecule has 1 aliphatic rings. The van der Waals surface area contributed by atoms with E-state index in [-0.39, 0.29) is 6.04 Å². The molecule has 0 saturated heterocycles. The number of hydrogen-bond donors (Lipinski definition) is 1. The van der Waals surface area contributed by atoms with Crippen molar-refractivity contribution in [1.82, 2.24) is 14.5 Å². The predicted octanol–water partition coefficient (Wildman–Crippen LogP) is 2.88. The van der Waals surface area contributed by atoms with Crippen LogP contribution in [0.2, 0.25) is 0 Å². The molecule has 1 aromatic carbocycles. The molecule has 1 aromatic heterocycles. The number of fused-ring (bicyclic) bond motifs is 1. The monoisotopic (exact) mass is 333 g/mol. The topological polar surface area (TPSA) is 64.0 Å². The van der Waals surface area contributed by atoms with Gasteiger partial charge in [0.05, 0.1) is 16.6 Å². The normalized spacial score (nSPS) is 16.1. The number of aryl methyl sites for hydroxylation is 4. The van der Waals surface area contributed by atoms with Crippen LogP contribution in [0.1, 0.15) is 48.3 Å². The van der Waals surface area contributed by atoms with Gasteiger partial charge in [-0.25, -0.2) is 13.1 Å². The third-order valence-electron chi connectivity index (χ3n) is 4.33. The van der Waals surface area contributed by atoms with Crippen LogP contribution in [0, 0.1) is 13.8 Å². The number of nitrogens with one attached hydrogen (secondary N) is 1. The van der Waals surface area contributed by atoms with Crippen LogP contribution in [-0.2, 0) is 23.0 Å². The second kappa shape index (κ2) is 6.09. The summed E-state index contributed by atoms with van der Waals surface area (Å²) in [6.07, 6.45) is 3.33. The zero-order valence-electron chi connectivity index (χ0n) is 13.8. The van der Waals surface area contributed by atoms with E-state index in [0.717, 1.165) is 36.2 Å². The summed E-state index contributed by atoms with van der Waals surface area (Å²) in [6.45, 7) is 6.54. The summed E-state index contributed by atoms with van der Waals surface area (Å²) in [5, 5.41) is 4.55. The van der Waals surface area contributed by atoms with Crippen LogP contribution >= 0.6 is 0 Å². The lowest BCUT2D eigenvalue weighted by atomic mass is 10.1. The lowest BCUT2D eigenvalue weighted by Gasteiger charge is -2.14. The van der Waals surface area contributed by atoms with Crippen LogP contribution in [0.15, 0.2) is 29.2 Å². The van der Waals surface area contributed by atoms with Gasteiger partial charge in [0.25, 0.3) is 0 Å². The average Bonchev–Trinajstić information content (AvgIpc) is 2.90. The van der Waals surface area contributed by atoms with Crippen LogP contribution < -0.4 is 4.72 Å². The Labute approximate surface area is 137 Å². The van der Waals surface area contributed by atoms with E-state index in [1.54, 1.807) is 6.07 Å². The van der Waals surface area contributed by atoms with Crippen LogP contribution in [-0.4, -0.2) is 18.2 Å². The van der Waals surface area contributed by atoms with Crippen molar-refractivity contribution in [1.29, 1.82) is 0 Å². The van der Waals surface area contributed by atoms with Crippen molar-refractivity contribution in [2.75, 3.05) is 0 Å². The van der Waals surface area contributed by atoms with E-state index < -0.39 is 10.0 Å². The molecule has 0 fully saturated rings. The Bertz CT molecular complexity index is 801. The molecule has 1 N–H and O–H groups in total. The van der Waals surface area contributed by atoms with Crippen molar-refractivity contribution < 1.29 is 8.42 Å². The van der Waals surface area contributed by atoms with Gasteiger partial charge in [-0.15, -0.1) is 0 Å². The molecule has 124 valence electrons. The van der Waals surface area contributed by atoms with Crippen molar-refractivity contribution in [2.45, 2.75) is 57.5 Å². The number of benzene rings is 1. The molecule has 0 unspecified atom stereocenters. The van der Waals surface area contributed by atoms with Gasteiger partial charge in [-0.1, -0.05) is 17.7 Å². The fourth-order valence-corrected chi connectivity index (χ4v) is 4.55. The first-order valence-electron chi connectivity index (χ1n) is 8.03. The van der Waals surface area contributed by atoms with E-state index >= 15 is 0 Å². The SMILES string of the molecule is Cc1ccc(S(=O)(=O)N[C@@H](C)c2cc3n(n2)CCCC3)c(C)c1. The van der Waals surface area contributed by atoms with Gasteiger partial charge >= 0.3 is 0 Å². The van der Waals surface area contributed by atoms with E-state index in [0.29, 0.717) is 4.90 Å². The predicted molar refractivity (Wildman–Crippen MR) is 89.8 cm³/mol. The second-order valence-corrected chi connectivity index (χ2v) is 8.04. The van der Waals surface area contributed by atoms with Gasteiger partial charge in [0, 0.05) is 12.2 Å². The van der Waals surface area contributed by atoms with Gasteiger partial charge in [-0.3, -0.25) is 4.68 Å². The summed E-state index contributed by atoms with van der Waals surface area (Å²) in [5.74, 6) is 0. The van der Waals surface area contributed by atoms with Gasteiger partial charge < -0.3 is 0 Å². The number of rotatable bonds is 4. The van der Waals surface area contributed by atoms with Crippen LogP contribution in [0.25, 0.3) is 0 Å². The first-order valence-corrected chi connectivity index (χ1v) is 9.51. The molecular formula is C17H23N3O2S. The molecule has 0 saturated carbocycles. The summed E-state index contributed by atoms with van der Waals surface area (Å²) in [7, 11) is -3.56. The van der Waals surface area contributed by atoms with Crippen LogP contribution in [0.3, 0.4) is 0 Å². The summed E-state index contributed by atoms with van der Waals surface area (Å²) in [4.78, 5) is 0.332. The highest BCUT2D eigenvalue weighted by atomic mass is 32.2. The molecule has 0 aliphatic carbocycles. The van der Waals surface area contributed by atoms with E-state index in [9.17, 15) is 8.42 Å². The van der Waals surface area contributed by atoms with Crippen LogP contribution in [0.5, 0.6) is 0 Å². The van der Waals surface area contributed by atoms with E-state index in [2.05, 4.69) is 9.82 Å². The Morgan fingerprint density at radius 3 is 2.70 bits per heavy atom. The molecular weight excluding hydrogens is 310 g/mol. The van der Waals surface area contributed by atoms with Gasteiger partial charge in [-0.05, 0) is 57.7 Å². The first-order chi connectivity index (χ1) is 10.9. The fraction of sp³-hybridized carbons (Fsp3) is 0.471. The Morgan fingerprint density at radius 1 is 1.22 bits per heavy atom. The van der Waals surface area contributed by atoms with Crippen molar-refractivity contribution >= 4 is 10.0 Å². The van der Waals surface area contributed by atoms with Gasteiger partial charge in [0.1, 0.15) is 0 Å². The van der Waals surface area contributed by atoms with E-state index in [1.165, 1.54) is 12.1 Å². The van der Waals surface area contributed by atoms with Gasteiger partial charge in [0.15, 0.2) is 0 Å². The number of hydrogen-bond acceptors (Lipinski definition) is 3. The van der Waals surface area contributed by atoms with Crippen LogP contribution in [0.4, 0.5) is 0 Å². The number of nitrogens with zero attached hydrogens (tertiary/aromatic N) is 2. The Balaban J connectivity index is 1.83. The minimum atomic E-state index is -3.56. The van der Waals surface area contributed by atoms with Crippen molar-refractivity contribution in [3.05, 3.63) is 46.8 Å². The molecule has 3 rings (SSSR count). The molecule has 0 spiro atoms. The highest BCUT2D eigenvalue weighted by Crippen LogP contribution is 2.22. The lowest BCUT2D eigenvalue weighted by molar-refractivity contribution is 0.479. The van der Waals surface area contributed by atoms with Gasteiger partial charge in [0.2, 0.25) is 10.0 Å². The summed E-state index contributed by atoms with van der Waals surface area (Å²) >= 11 is 0. The van der Waals surface area contributed by atoms with Crippen molar-refractivity contribution in [3.8, 4) is 0 Å². The summed E-state index contributed by atoms with van der Waals surface area (Å²) < 4.78 is 30.0. The van der Waals surface area contributed by atoms with Crippen molar-refractivity contribution in [3.63, 3.8) is 0 Å². The molecule has 0 bridgehead atoms. The molecule has 5 nitrogen and oxygen atoms in total. The molecule has 0 radical (unpaired) electrons. The molecule has 2 heterocycles. The average molecular weight is 333 g/mol. The molecule has 1 aliphatic heterocycles. The van der Waals surface area contributed by atoms with E-state index in [1.807, 2.05) is 43.7 Å². The third-order valence-corrected chi connectivity index (χ3v) is 6.03. The first kappa shape index (κ1) is 16.2. The highest BCUT2D eigenvalue weighted by molar-refractivity contribution is 7.89. The zero-order chi connectivity index (χ0) is 16.6. The summed E-state index contributed by atoms with van der Waals surface area (Å²) in [6, 6.07) is 7.04. The quantitative estimate of drug-likeness (QED) is 0.936. The molecule has 2 aromatic rings. The maximum Gasteiger partial charge on any atom is 0.241 e. The summed E-state index contributed by atoms with van der Waals surface area (Å²) in [5.41, 5.74) is 3.80. The van der Waals surface area contributed by atoms with E-state index in [4.69, 9.17) is 0 Å². The molecule has 1 atom stereocenters. The molecule has 6 heteroatoms. The smallest absolute Gasteiger partial charge is 0.241 e. The standard InChI is InChI=1S/C17H23N3O2S/c1-12-7-8-17(13(2)10-12)23(21,22)19-14(3)16-11-15-6-4-5-9-20(15)18-16/h7-8,10-11,14,19H,4-6,9H2,1-3H3/t14-/m0/s1. The Kier molecular flexibility index (Phi) is 4.29. The minimum Gasteiger partial charge on any atom is -0.269 e. The van der Waals surface area contributed by atoms with Gasteiger partial charge in [-0.2, -0.15) is 5.10 Å². The minimum absolute atomic E-state index is 0.332. The second-order valence-electron chi connectivity index (χ2n) is 6.35. The maximum absolute atomic E-state index is 12.6. The lowest BCUT2D eigenvalue weighted by Crippen LogP contribution is -2.28. The zero-order valence-corrected chi connectivity index (χ0v) is 14.7. The Morgan fingerprint density at radius 2 is 2.00 bits per heavy atom. The maximum atomic E-state index is 12.6. The fourth-order valence-electron chi connectivity index (χ4n) is 3.11. The Hall–Kier alpha value is -1.66. The largest absolute Gasteiger partial charge is 0.269 e. The molecule has 0 amide bonds. The highest BCUT2D eigenvalue weighted by Gasteiger charge is 2.23. The third kappa shape index (κ3) is 3.33. The number of sulfonamides is 1.